The van der Waals surface area contributed by atoms with E-state index in [1.165, 1.54) is 0 Å². The molecule has 0 fully saturated rings. The van der Waals surface area contributed by atoms with Gasteiger partial charge < -0.3 is 10.6 Å². The van der Waals surface area contributed by atoms with Crippen molar-refractivity contribution in [2.75, 3.05) is 13.1 Å². The first-order valence-corrected chi connectivity index (χ1v) is 7.72. The molecule has 0 heterocycles. The van der Waals surface area contributed by atoms with E-state index < -0.39 is 0 Å². The highest BCUT2D eigenvalue weighted by molar-refractivity contribution is 6.35. The molecule has 1 unspecified atom stereocenters. The van der Waals surface area contributed by atoms with Gasteiger partial charge in [-0.15, -0.1) is 0 Å². The minimum atomic E-state index is 0.0353. The molecule has 0 bridgehead atoms. The smallest absolute Gasteiger partial charge is 0.234 e. The SMILES string of the molecule is CCCC(C)NC(=O)CNCCc1ccc(Cl)cc1Cl. The van der Waals surface area contributed by atoms with Crippen LogP contribution in [0.1, 0.15) is 32.3 Å². The van der Waals surface area contributed by atoms with Crippen LogP contribution in [0.3, 0.4) is 0 Å². The normalized spacial score (nSPS) is 12.2. The molecule has 0 aromatic heterocycles. The summed E-state index contributed by atoms with van der Waals surface area (Å²) in [6.45, 7) is 5.17. The number of nitrogens with one attached hydrogen (secondary N) is 2. The molecule has 112 valence electrons. The van der Waals surface area contributed by atoms with E-state index in [-0.39, 0.29) is 11.9 Å². The maximum Gasteiger partial charge on any atom is 0.234 e. The third-order valence-corrected chi connectivity index (χ3v) is 3.59. The van der Waals surface area contributed by atoms with Gasteiger partial charge in [-0.2, -0.15) is 0 Å². The highest BCUT2D eigenvalue weighted by atomic mass is 35.5. The molecule has 1 atom stereocenters. The molecular weight excluding hydrogens is 295 g/mol. The largest absolute Gasteiger partial charge is 0.353 e. The average Bonchev–Trinajstić information content (AvgIpc) is 2.36. The fourth-order valence-electron chi connectivity index (χ4n) is 1.98. The van der Waals surface area contributed by atoms with Gasteiger partial charge in [-0.3, -0.25) is 4.79 Å². The second-order valence-electron chi connectivity index (χ2n) is 4.92. The summed E-state index contributed by atoms with van der Waals surface area (Å²) in [5, 5.41) is 7.37. The summed E-state index contributed by atoms with van der Waals surface area (Å²) in [4.78, 5) is 11.6. The number of carbonyl (C=O) groups is 1. The van der Waals surface area contributed by atoms with Crippen molar-refractivity contribution in [3.8, 4) is 0 Å². The van der Waals surface area contributed by atoms with E-state index in [1.807, 2.05) is 19.1 Å². The number of hydrogen-bond acceptors (Lipinski definition) is 2. The van der Waals surface area contributed by atoms with E-state index in [1.54, 1.807) is 6.07 Å². The number of hydrogen-bond donors (Lipinski definition) is 2. The molecule has 0 saturated heterocycles. The Kier molecular flexibility index (Phi) is 7.97. The molecule has 1 rings (SSSR count). The van der Waals surface area contributed by atoms with Crippen LogP contribution in [-0.2, 0) is 11.2 Å². The minimum Gasteiger partial charge on any atom is -0.353 e. The molecule has 1 aromatic carbocycles. The zero-order valence-electron chi connectivity index (χ0n) is 12.0. The fraction of sp³-hybridized carbons (Fsp3) is 0.533. The molecule has 1 amide bonds. The summed E-state index contributed by atoms with van der Waals surface area (Å²) in [7, 11) is 0. The lowest BCUT2D eigenvalue weighted by Gasteiger charge is -2.13. The molecule has 0 aliphatic rings. The molecule has 0 radical (unpaired) electrons. The van der Waals surface area contributed by atoms with Gasteiger partial charge in [0.05, 0.1) is 6.54 Å². The lowest BCUT2D eigenvalue weighted by Crippen LogP contribution is -2.39. The van der Waals surface area contributed by atoms with Crippen LogP contribution in [-0.4, -0.2) is 25.0 Å². The first-order chi connectivity index (χ1) is 9.52. The summed E-state index contributed by atoms with van der Waals surface area (Å²) in [6, 6.07) is 5.70. The summed E-state index contributed by atoms with van der Waals surface area (Å²) in [5.41, 5.74) is 1.03. The maximum atomic E-state index is 11.6. The summed E-state index contributed by atoms with van der Waals surface area (Å²) in [5.74, 6) is 0.0353. The van der Waals surface area contributed by atoms with E-state index in [4.69, 9.17) is 23.2 Å². The monoisotopic (exact) mass is 316 g/mol. The van der Waals surface area contributed by atoms with E-state index in [2.05, 4.69) is 17.6 Å². The van der Waals surface area contributed by atoms with Crippen molar-refractivity contribution in [3.63, 3.8) is 0 Å². The van der Waals surface area contributed by atoms with Crippen LogP contribution in [0.2, 0.25) is 10.0 Å². The van der Waals surface area contributed by atoms with Crippen LogP contribution in [0.15, 0.2) is 18.2 Å². The Morgan fingerprint density at radius 3 is 2.75 bits per heavy atom. The summed E-state index contributed by atoms with van der Waals surface area (Å²) >= 11 is 11.9. The molecule has 3 nitrogen and oxygen atoms in total. The molecule has 1 aromatic rings. The Balaban J connectivity index is 2.23. The van der Waals surface area contributed by atoms with Gasteiger partial charge in [-0.25, -0.2) is 0 Å². The summed E-state index contributed by atoms with van der Waals surface area (Å²) < 4.78 is 0. The lowest BCUT2D eigenvalue weighted by atomic mass is 10.1. The van der Waals surface area contributed by atoms with Gasteiger partial charge in [-0.1, -0.05) is 42.6 Å². The predicted octanol–water partition coefficient (Wildman–Crippen LogP) is 3.43. The first-order valence-electron chi connectivity index (χ1n) is 6.97. The number of benzene rings is 1. The van der Waals surface area contributed by atoms with Crippen molar-refractivity contribution in [1.29, 1.82) is 0 Å². The van der Waals surface area contributed by atoms with Crippen molar-refractivity contribution in [1.82, 2.24) is 10.6 Å². The van der Waals surface area contributed by atoms with Crippen LogP contribution < -0.4 is 10.6 Å². The van der Waals surface area contributed by atoms with Gasteiger partial charge in [0.15, 0.2) is 0 Å². The molecule has 20 heavy (non-hydrogen) atoms. The molecule has 0 saturated carbocycles. The minimum absolute atomic E-state index is 0.0353. The lowest BCUT2D eigenvalue weighted by molar-refractivity contribution is -0.120. The summed E-state index contributed by atoms with van der Waals surface area (Å²) in [6.07, 6.45) is 2.85. The highest BCUT2D eigenvalue weighted by Gasteiger charge is 2.06. The quantitative estimate of drug-likeness (QED) is 0.721. The number of halogens is 2. The third kappa shape index (κ3) is 6.60. The Labute approximate surface area is 131 Å². The molecule has 0 aliphatic heterocycles. The van der Waals surface area contributed by atoms with E-state index in [9.17, 15) is 4.79 Å². The van der Waals surface area contributed by atoms with Gasteiger partial charge in [0.1, 0.15) is 0 Å². The fourth-order valence-corrected chi connectivity index (χ4v) is 2.48. The van der Waals surface area contributed by atoms with Crippen molar-refractivity contribution < 1.29 is 4.79 Å². The first kappa shape index (κ1) is 17.3. The second kappa shape index (κ2) is 9.22. The number of amides is 1. The van der Waals surface area contributed by atoms with Crippen molar-refractivity contribution in [3.05, 3.63) is 33.8 Å². The molecule has 0 spiro atoms. The predicted molar refractivity (Wildman–Crippen MR) is 85.5 cm³/mol. The maximum absolute atomic E-state index is 11.6. The van der Waals surface area contributed by atoms with E-state index in [0.29, 0.717) is 23.1 Å². The van der Waals surface area contributed by atoms with Crippen LogP contribution in [0.25, 0.3) is 0 Å². The molecule has 2 N–H and O–H groups in total. The Morgan fingerprint density at radius 2 is 2.10 bits per heavy atom. The third-order valence-electron chi connectivity index (χ3n) is 3.00. The van der Waals surface area contributed by atoms with Gasteiger partial charge in [-0.05, 0) is 44.0 Å². The molecular formula is C15H22Cl2N2O. The van der Waals surface area contributed by atoms with Crippen LogP contribution in [0.4, 0.5) is 0 Å². The zero-order chi connectivity index (χ0) is 15.0. The van der Waals surface area contributed by atoms with Crippen LogP contribution >= 0.6 is 23.2 Å². The molecule has 5 heteroatoms. The van der Waals surface area contributed by atoms with Gasteiger partial charge >= 0.3 is 0 Å². The average molecular weight is 317 g/mol. The standard InChI is InChI=1S/C15H22Cl2N2O/c1-3-4-11(2)19-15(20)10-18-8-7-12-5-6-13(16)9-14(12)17/h5-6,9,11,18H,3-4,7-8,10H2,1-2H3,(H,19,20). The second-order valence-corrected chi connectivity index (χ2v) is 5.76. The Bertz CT molecular complexity index is 438. The van der Waals surface area contributed by atoms with E-state index in [0.717, 1.165) is 24.8 Å². The Morgan fingerprint density at radius 1 is 1.35 bits per heavy atom. The van der Waals surface area contributed by atoms with Gasteiger partial charge in [0, 0.05) is 16.1 Å². The van der Waals surface area contributed by atoms with Gasteiger partial charge in [0.2, 0.25) is 5.91 Å². The number of rotatable bonds is 8. The van der Waals surface area contributed by atoms with Crippen molar-refractivity contribution in [2.24, 2.45) is 0 Å². The van der Waals surface area contributed by atoms with E-state index >= 15 is 0 Å². The zero-order valence-corrected chi connectivity index (χ0v) is 13.5. The van der Waals surface area contributed by atoms with Crippen LogP contribution in [0.5, 0.6) is 0 Å². The Hall–Kier alpha value is -0.770. The van der Waals surface area contributed by atoms with Crippen LogP contribution in [0, 0.1) is 0 Å². The van der Waals surface area contributed by atoms with Crippen molar-refractivity contribution >= 4 is 29.1 Å². The number of carbonyl (C=O) groups excluding carboxylic acids is 1. The van der Waals surface area contributed by atoms with Crippen molar-refractivity contribution in [2.45, 2.75) is 39.2 Å². The topological polar surface area (TPSA) is 41.1 Å². The highest BCUT2D eigenvalue weighted by Crippen LogP contribution is 2.20. The van der Waals surface area contributed by atoms with Gasteiger partial charge in [0.25, 0.3) is 0 Å². The molecule has 0 aliphatic carbocycles.